The smallest absolute Gasteiger partial charge is 0.310 e. The van der Waals surface area contributed by atoms with E-state index >= 15 is 0 Å². The molecule has 4 N–H and O–H groups in total. The van der Waals surface area contributed by atoms with Gasteiger partial charge < -0.3 is 25.6 Å². The Morgan fingerprint density at radius 3 is 2.19 bits per heavy atom. The van der Waals surface area contributed by atoms with E-state index in [-0.39, 0.29) is 19.0 Å². The first-order valence-electron chi connectivity index (χ1n) is 14.1. The molecule has 1 atom stereocenters. The van der Waals surface area contributed by atoms with E-state index in [9.17, 15) is 9.59 Å². The van der Waals surface area contributed by atoms with Crippen LogP contribution in [0.2, 0.25) is 0 Å². The molecular formula is C32H40N4O6. The number of aliphatic carboxylic acids is 2. The number of likely N-dealkylation sites (tertiary alicyclic amines) is 1. The van der Waals surface area contributed by atoms with E-state index in [4.69, 9.17) is 25.5 Å². The number of hydrogen-bond acceptors (Lipinski definition) is 7. The number of rotatable bonds is 11. The number of aromatic nitrogens is 2. The summed E-state index contributed by atoms with van der Waals surface area (Å²) in [6, 6.07) is 13.2. The van der Waals surface area contributed by atoms with Crippen LogP contribution < -0.4 is 10.5 Å². The van der Waals surface area contributed by atoms with Crippen molar-refractivity contribution in [2.24, 2.45) is 17.6 Å². The summed E-state index contributed by atoms with van der Waals surface area (Å²) < 4.78 is 5.84. The highest BCUT2D eigenvalue weighted by Gasteiger charge is 2.37. The maximum atomic E-state index is 12.5. The van der Waals surface area contributed by atoms with Gasteiger partial charge in [0.1, 0.15) is 5.75 Å². The molecule has 0 radical (unpaired) electrons. The third-order valence-electron chi connectivity index (χ3n) is 6.88. The van der Waals surface area contributed by atoms with E-state index in [1.54, 1.807) is 0 Å². The summed E-state index contributed by atoms with van der Waals surface area (Å²) >= 11 is 0. The second kappa shape index (κ2) is 15.1. The molecule has 1 fully saturated rings. The Balaban J connectivity index is 0.00000114. The number of carbonyl (C=O) groups excluding carboxylic acids is 1. The van der Waals surface area contributed by atoms with Gasteiger partial charge in [0.05, 0.1) is 18.6 Å². The molecule has 2 aromatic carbocycles. The van der Waals surface area contributed by atoms with Crippen LogP contribution in [0.1, 0.15) is 44.7 Å². The lowest BCUT2D eigenvalue weighted by molar-refractivity contribution is -0.153. The third kappa shape index (κ3) is 9.37. The fraction of sp³-hybridized carbons (Fsp3) is 0.406. The van der Waals surface area contributed by atoms with Crippen LogP contribution in [-0.4, -0.2) is 68.7 Å². The third-order valence-corrected chi connectivity index (χ3v) is 6.88. The SMILES string of the molecule is CC(=O)O.Cc1cc(CC(N)C(=O)N2CC(C(=O)O)C2)ccc1-c1ncc(-c2ccc(OCCCC(C)C)cc2)cn1. The fourth-order valence-corrected chi connectivity index (χ4v) is 4.54. The zero-order valence-corrected chi connectivity index (χ0v) is 24.6. The van der Waals surface area contributed by atoms with Crippen molar-refractivity contribution in [3.05, 3.63) is 66.0 Å². The van der Waals surface area contributed by atoms with Crippen molar-refractivity contribution in [3.63, 3.8) is 0 Å². The number of nitrogens with zero attached hydrogens (tertiary/aromatic N) is 3. The van der Waals surface area contributed by atoms with Crippen molar-refractivity contribution in [3.8, 4) is 28.3 Å². The molecular weight excluding hydrogens is 536 g/mol. The van der Waals surface area contributed by atoms with Crippen LogP contribution in [0.15, 0.2) is 54.9 Å². The Labute approximate surface area is 246 Å². The first-order valence-corrected chi connectivity index (χ1v) is 14.1. The van der Waals surface area contributed by atoms with E-state index in [1.807, 2.05) is 61.8 Å². The number of hydrogen-bond donors (Lipinski definition) is 3. The highest BCUT2D eigenvalue weighted by molar-refractivity contribution is 5.85. The number of nitrogens with two attached hydrogens (primary N) is 1. The molecule has 1 aliphatic heterocycles. The summed E-state index contributed by atoms with van der Waals surface area (Å²) in [4.78, 5) is 43.2. The van der Waals surface area contributed by atoms with Gasteiger partial charge in [-0.3, -0.25) is 14.4 Å². The molecule has 1 aromatic heterocycles. The Hall–Kier alpha value is -4.31. The summed E-state index contributed by atoms with van der Waals surface area (Å²) in [5, 5.41) is 16.4. The lowest BCUT2D eigenvalue weighted by Crippen LogP contribution is -2.57. The standard InChI is InChI=1S/C30H36N4O4.C2H4O2/c1-19(2)5-4-12-38-25-9-7-22(8-10-25)23-15-32-28(33-16-23)26-11-6-21(13-20(26)3)14-27(31)29(35)34-17-24(18-34)30(36)37;1-2(3)4/h6-11,13,15-16,19,24,27H,4-5,12,14,17-18,31H2,1-3H3,(H,36,37);1H3,(H,3,4). The van der Waals surface area contributed by atoms with Gasteiger partial charge in [0.15, 0.2) is 5.82 Å². The minimum atomic E-state index is -0.875. The predicted molar refractivity (Wildman–Crippen MR) is 160 cm³/mol. The number of carbonyl (C=O) groups is 3. The zero-order chi connectivity index (χ0) is 30.8. The summed E-state index contributed by atoms with van der Waals surface area (Å²) in [6.07, 6.45) is 6.23. The minimum Gasteiger partial charge on any atom is -0.494 e. The van der Waals surface area contributed by atoms with Gasteiger partial charge in [-0.05, 0) is 60.9 Å². The number of amides is 1. The van der Waals surface area contributed by atoms with Gasteiger partial charge in [-0.15, -0.1) is 0 Å². The largest absolute Gasteiger partial charge is 0.494 e. The van der Waals surface area contributed by atoms with Crippen LogP contribution in [0.3, 0.4) is 0 Å². The Kier molecular flexibility index (Phi) is 11.6. The second-order valence-corrected chi connectivity index (χ2v) is 11.0. The molecule has 0 aliphatic carbocycles. The number of carboxylic acids is 2. The quantitative estimate of drug-likeness (QED) is 0.281. The summed E-state index contributed by atoms with van der Waals surface area (Å²) in [5.41, 5.74) is 10.9. The van der Waals surface area contributed by atoms with Crippen LogP contribution >= 0.6 is 0 Å². The molecule has 1 aliphatic rings. The van der Waals surface area contributed by atoms with E-state index in [2.05, 4.69) is 23.8 Å². The molecule has 42 heavy (non-hydrogen) atoms. The minimum absolute atomic E-state index is 0.214. The molecule has 0 bridgehead atoms. The lowest BCUT2D eigenvalue weighted by Gasteiger charge is -2.38. The molecule has 1 saturated heterocycles. The number of benzene rings is 2. The Bertz CT molecular complexity index is 1350. The maximum Gasteiger partial charge on any atom is 0.310 e. The number of aryl methyl sites for hydroxylation is 1. The monoisotopic (exact) mass is 576 g/mol. The van der Waals surface area contributed by atoms with Gasteiger partial charge in [-0.25, -0.2) is 9.97 Å². The maximum absolute atomic E-state index is 12.5. The molecule has 4 rings (SSSR count). The molecule has 224 valence electrons. The average Bonchev–Trinajstić information content (AvgIpc) is 2.90. The van der Waals surface area contributed by atoms with Crippen LogP contribution in [0.25, 0.3) is 22.5 Å². The van der Waals surface area contributed by atoms with E-state index in [0.29, 0.717) is 18.2 Å². The number of ether oxygens (including phenoxy) is 1. The van der Waals surface area contributed by atoms with Gasteiger partial charge in [0.25, 0.3) is 5.97 Å². The summed E-state index contributed by atoms with van der Waals surface area (Å²) in [7, 11) is 0. The van der Waals surface area contributed by atoms with Crippen molar-refractivity contribution < 1.29 is 29.3 Å². The van der Waals surface area contributed by atoms with Crippen LogP contribution in [0, 0.1) is 18.8 Å². The van der Waals surface area contributed by atoms with Crippen molar-refractivity contribution in [1.29, 1.82) is 0 Å². The molecule has 1 amide bonds. The molecule has 1 unspecified atom stereocenters. The average molecular weight is 577 g/mol. The lowest BCUT2D eigenvalue weighted by atomic mass is 9.96. The fourth-order valence-electron chi connectivity index (χ4n) is 4.54. The normalized spacial score (nSPS) is 13.5. The second-order valence-electron chi connectivity index (χ2n) is 11.0. The molecule has 10 nitrogen and oxygen atoms in total. The summed E-state index contributed by atoms with van der Waals surface area (Å²) in [6.45, 7) is 8.68. The van der Waals surface area contributed by atoms with Gasteiger partial charge in [-0.2, -0.15) is 0 Å². The topological polar surface area (TPSA) is 156 Å². The van der Waals surface area contributed by atoms with Crippen LogP contribution in [0.4, 0.5) is 0 Å². The van der Waals surface area contributed by atoms with Crippen LogP contribution in [-0.2, 0) is 20.8 Å². The van der Waals surface area contributed by atoms with Crippen molar-refractivity contribution in [1.82, 2.24) is 14.9 Å². The van der Waals surface area contributed by atoms with Crippen molar-refractivity contribution >= 4 is 17.8 Å². The van der Waals surface area contributed by atoms with Gasteiger partial charge in [0, 0.05) is 43.5 Å². The molecule has 3 aromatic rings. The zero-order valence-electron chi connectivity index (χ0n) is 24.6. The van der Waals surface area contributed by atoms with Gasteiger partial charge >= 0.3 is 5.97 Å². The van der Waals surface area contributed by atoms with Crippen molar-refractivity contribution in [2.75, 3.05) is 19.7 Å². The Morgan fingerprint density at radius 1 is 1.02 bits per heavy atom. The molecule has 10 heteroatoms. The van der Waals surface area contributed by atoms with Gasteiger partial charge in [-0.1, -0.05) is 44.2 Å². The first kappa shape index (κ1) is 32.2. The van der Waals surface area contributed by atoms with E-state index in [0.717, 1.165) is 59.9 Å². The highest BCUT2D eigenvalue weighted by Crippen LogP contribution is 2.26. The number of carboxylic acid groups (broad SMARTS) is 2. The van der Waals surface area contributed by atoms with Crippen LogP contribution in [0.5, 0.6) is 5.75 Å². The molecule has 0 saturated carbocycles. The van der Waals surface area contributed by atoms with Gasteiger partial charge in [0.2, 0.25) is 5.91 Å². The molecule has 2 heterocycles. The molecule has 0 spiro atoms. The van der Waals surface area contributed by atoms with E-state index in [1.165, 1.54) is 4.90 Å². The Morgan fingerprint density at radius 2 is 1.64 bits per heavy atom. The van der Waals surface area contributed by atoms with E-state index < -0.39 is 23.9 Å². The predicted octanol–water partition coefficient (Wildman–Crippen LogP) is 4.44. The first-order chi connectivity index (χ1) is 19.9. The highest BCUT2D eigenvalue weighted by atomic mass is 16.5. The summed E-state index contributed by atoms with van der Waals surface area (Å²) in [5.74, 6) is -0.234. The van der Waals surface area contributed by atoms with Crippen molar-refractivity contribution in [2.45, 2.75) is 53.0 Å².